The van der Waals surface area contributed by atoms with Gasteiger partial charge in [-0.2, -0.15) is 0 Å². The number of benzene rings is 4. The molecular formula is C46H40N2O12S2. The third kappa shape index (κ3) is 12.5. The highest BCUT2D eigenvalue weighted by Gasteiger charge is 2.24. The van der Waals surface area contributed by atoms with E-state index in [2.05, 4.69) is 9.97 Å². The number of carbonyl (C=O) groups excluding carboxylic acids is 4. The number of hydrogen-bond donors (Lipinski definition) is 0. The average molecular weight is 877 g/mol. The van der Waals surface area contributed by atoms with Gasteiger partial charge in [-0.25, -0.2) is 29.1 Å². The summed E-state index contributed by atoms with van der Waals surface area (Å²) in [6.45, 7) is 2.52. The van der Waals surface area contributed by atoms with Crippen LogP contribution in [0.1, 0.15) is 75.8 Å². The van der Waals surface area contributed by atoms with Gasteiger partial charge in [0.2, 0.25) is 10.0 Å². The van der Waals surface area contributed by atoms with E-state index < -0.39 is 23.9 Å². The molecule has 0 N–H and O–H groups in total. The third-order valence-electron chi connectivity index (χ3n) is 9.47. The maximum atomic E-state index is 12.8. The van der Waals surface area contributed by atoms with Gasteiger partial charge in [0.05, 0.1) is 38.3 Å². The molecular weight excluding hydrogens is 837 g/mol. The Morgan fingerprint density at radius 1 is 0.500 bits per heavy atom. The molecule has 14 nitrogen and oxygen atoms in total. The van der Waals surface area contributed by atoms with Crippen LogP contribution in [0.5, 0.6) is 34.5 Å². The van der Waals surface area contributed by atoms with Crippen LogP contribution in [0.3, 0.4) is 0 Å². The van der Waals surface area contributed by atoms with Gasteiger partial charge < -0.3 is 37.9 Å². The van der Waals surface area contributed by atoms with Crippen molar-refractivity contribution in [3.8, 4) is 34.5 Å². The summed E-state index contributed by atoms with van der Waals surface area (Å²) in [4.78, 5) is 59.2. The van der Waals surface area contributed by atoms with Crippen LogP contribution in [-0.2, 0) is 22.3 Å². The Labute approximate surface area is 364 Å². The van der Waals surface area contributed by atoms with Gasteiger partial charge in [0.25, 0.3) is 0 Å². The molecule has 2 saturated heterocycles. The molecule has 0 radical (unpaired) electrons. The van der Waals surface area contributed by atoms with Crippen molar-refractivity contribution in [1.29, 1.82) is 0 Å². The lowest BCUT2D eigenvalue weighted by Gasteiger charge is -2.08. The molecule has 8 rings (SSSR count). The van der Waals surface area contributed by atoms with E-state index in [9.17, 15) is 19.2 Å². The van der Waals surface area contributed by atoms with Crippen molar-refractivity contribution in [3.05, 3.63) is 140 Å². The zero-order chi connectivity index (χ0) is 42.7. The summed E-state index contributed by atoms with van der Waals surface area (Å²) >= 11 is 1.79. The molecule has 0 spiro atoms. The van der Waals surface area contributed by atoms with Crippen molar-refractivity contribution < 1.29 is 57.1 Å². The van der Waals surface area contributed by atoms with E-state index in [1.165, 1.54) is 12.4 Å². The van der Waals surface area contributed by atoms with Gasteiger partial charge >= 0.3 is 23.9 Å². The van der Waals surface area contributed by atoms with E-state index in [4.69, 9.17) is 37.9 Å². The summed E-state index contributed by atoms with van der Waals surface area (Å²) in [5.74, 6) is 0.117. The van der Waals surface area contributed by atoms with Crippen LogP contribution in [0, 0.1) is 0 Å². The molecule has 2 aliphatic rings. The predicted octanol–water partition coefficient (Wildman–Crippen LogP) is 8.38. The minimum absolute atomic E-state index is 0.0269. The molecule has 2 aliphatic heterocycles. The number of aromatic nitrogens is 2. The van der Waals surface area contributed by atoms with Crippen molar-refractivity contribution in [2.75, 3.05) is 26.4 Å². The molecule has 6 aromatic rings. The first-order chi connectivity index (χ1) is 30.3. The fraction of sp³-hybridized carbons (Fsp3) is 0.261. The molecule has 2 unspecified atom stereocenters. The number of rotatable bonds is 21. The molecule has 0 saturated carbocycles. The Morgan fingerprint density at radius 2 is 0.919 bits per heavy atom. The van der Waals surface area contributed by atoms with Crippen LogP contribution in [0.2, 0.25) is 0 Å². The minimum atomic E-state index is -0.682. The Balaban J connectivity index is 0.690. The summed E-state index contributed by atoms with van der Waals surface area (Å²) in [5, 5.41) is 0.0574. The maximum Gasteiger partial charge on any atom is 0.372 e. The zero-order valence-corrected chi connectivity index (χ0v) is 34.9. The number of carbonyl (C=O) groups is 4. The average Bonchev–Trinajstić information content (AvgIpc) is 4.20. The highest BCUT2D eigenvalue weighted by Crippen LogP contribution is 2.25. The van der Waals surface area contributed by atoms with Crippen molar-refractivity contribution >= 4 is 46.6 Å². The van der Waals surface area contributed by atoms with E-state index in [-0.39, 0.29) is 25.9 Å². The Kier molecular flexibility index (Phi) is 13.9. The molecule has 2 atom stereocenters. The Hall–Kier alpha value is -6.46. The van der Waals surface area contributed by atoms with Gasteiger partial charge in [0, 0.05) is 0 Å². The molecule has 0 amide bonds. The first-order valence-electron chi connectivity index (χ1n) is 20.0. The number of nitrogens with zero attached hydrogens (tertiary/aromatic N) is 2. The van der Waals surface area contributed by atoms with Crippen molar-refractivity contribution in [2.45, 2.75) is 50.7 Å². The second-order valence-electron chi connectivity index (χ2n) is 14.3. The zero-order valence-electron chi connectivity index (χ0n) is 33.2. The molecule has 318 valence electrons. The molecule has 0 bridgehead atoms. The summed E-state index contributed by atoms with van der Waals surface area (Å²) < 4.78 is 43.6. The number of thiazole rings is 2. The molecule has 62 heavy (non-hydrogen) atoms. The second-order valence-corrected chi connectivity index (χ2v) is 16.3. The molecule has 4 aromatic carbocycles. The van der Waals surface area contributed by atoms with Crippen molar-refractivity contribution in [3.63, 3.8) is 0 Å². The van der Waals surface area contributed by atoms with Crippen LogP contribution < -0.4 is 28.4 Å². The van der Waals surface area contributed by atoms with Gasteiger partial charge in [-0.3, -0.25) is 0 Å². The molecule has 16 heteroatoms. The van der Waals surface area contributed by atoms with Crippen LogP contribution >= 0.6 is 22.7 Å². The quantitative estimate of drug-likeness (QED) is 0.0292. The number of unbranched alkanes of at least 4 members (excludes halogenated alkanes) is 2. The van der Waals surface area contributed by atoms with E-state index in [0.29, 0.717) is 60.4 Å². The topological polar surface area (TPSA) is 174 Å². The SMILES string of the molecule is O=C(Oc1ccc(CCC2CO2)cc1)c1cnc(C(=O)Oc2ccc(OCCCCCc3ccc(OC(=O)c4cnc(C(=O)Oc5ccc(OCC6CO6)cc5)s4)cc3)cc2)s1. The molecule has 2 fully saturated rings. The molecule has 4 heterocycles. The largest absolute Gasteiger partial charge is 0.494 e. The van der Waals surface area contributed by atoms with E-state index in [0.717, 1.165) is 78.9 Å². The number of epoxide rings is 2. The standard InChI is InChI=1S/C46H40N2O12S2/c49-43(39-24-48-42(61-39)46(52)60-36-21-17-32(18-22-36)54-27-38-28-56-38)57-33-10-5-29(6-11-33)4-2-1-3-23-53-31-15-19-35(20-16-31)59-45(51)41-47-25-40(62-41)44(50)58-34-12-7-30(8-13-34)9-14-37-26-55-37/h5-8,10-13,15-22,24-25,37-38H,1-4,9,14,23,26-28H2. The lowest BCUT2D eigenvalue weighted by Crippen LogP contribution is -2.08. The van der Waals surface area contributed by atoms with Gasteiger partial charge in [-0.1, -0.05) is 24.3 Å². The minimum Gasteiger partial charge on any atom is -0.494 e. The second kappa shape index (κ2) is 20.4. The number of ether oxygens (including phenoxy) is 8. The van der Waals surface area contributed by atoms with Crippen LogP contribution in [0.15, 0.2) is 109 Å². The number of hydrogen-bond acceptors (Lipinski definition) is 16. The van der Waals surface area contributed by atoms with Gasteiger partial charge in [0.1, 0.15) is 57.0 Å². The smallest absolute Gasteiger partial charge is 0.372 e. The normalized spacial score (nSPS) is 15.0. The highest BCUT2D eigenvalue weighted by atomic mass is 32.1. The first kappa shape index (κ1) is 42.2. The molecule has 2 aromatic heterocycles. The lowest BCUT2D eigenvalue weighted by molar-refractivity contribution is 0.0724. The lowest BCUT2D eigenvalue weighted by atomic mass is 10.1. The highest BCUT2D eigenvalue weighted by molar-refractivity contribution is 7.15. The Bertz CT molecular complexity index is 2290. The van der Waals surface area contributed by atoms with Gasteiger partial charge in [-0.15, -0.1) is 22.7 Å². The van der Waals surface area contributed by atoms with Gasteiger partial charge in [0.15, 0.2) is 0 Å². The van der Waals surface area contributed by atoms with Crippen LogP contribution in [0.25, 0.3) is 0 Å². The predicted molar refractivity (Wildman–Crippen MR) is 226 cm³/mol. The summed E-state index contributed by atoms with van der Waals surface area (Å²) in [5.41, 5.74) is 2.24. The van der Waals surface area contributed by atoms with Crippen LogP contribution in [0.4, 0.5) is 0 Å². The summed E-state index contributed by atoms with van der Waals surface area (Å²) in [6, 6.07) is 28.0. The maximum absolute atomic E-state index is 12.8. The van der Waals surface area contributed by atoms with E-state index in [1.54, 1.807) is 72.8 Å². The Morgan fingerprint density at radius 3 is 1.40 bits per heavy atom. The van der Waals surface area contributed by atoms with Crippen molar-refractivity contribution in [2.24, 2.45) is 0 Å². The summed E-state index contributed by atoms with van der Waals surface area (Å²) in [6.07, 6.45) is 8.51. The van der Waals surface area contributed by atoms with Crippen molar-refractivity contribution in [1.82, 2.24) is 9.97 Å². The number of aryl methyl sites for hydroxylation is 2. The first-order valence-corrected chi connectivity index (χ1v) is 21.6. The van der Waals surface area contributed by atoms with Crippen LogP contribution in [-0.4, -0.2) is 72.5 Å². The summed E-state index contributed by atoms with van der Waals surface area (Å²) in [7, 11) is 0. The fourth-order valence-corrected chi connectivity index (χ4v) is 7.25. The third-order valence-corrected chi connectivity index (χ3v) is 11.4. The number of esters is 4. The van der Waals surface area contributed by atoms with E-state index in [1.807, 2.05) is 24.3 Å². The monoisotopic (exact) mass is 876 g/mol. The van der Waals surface area contributed by atoms with E-state index >= 15 is 0 Å². The van der Waals surface area contributed by atoms with Gasteiger partial charge in [-0.05, 0) is 122 Å². The molecule has 0 aliphatic carbocycles. The fourth-order valence-electron chi connectivity index (χ4n) is 5.91.